The fourth-order valence-electron chi connectivity index (χ4n) is 5.51. The molecular formula is C22H39NO4. The summed E-state index contributed by atoms with van der Waals surface area (Å²) in [7, 11) is 1.82. The normalized spacial score (nSPS) is 31.3. The first kappa shape index (κ1) is 22.0. The molecule has 0 N–H and O–H groups in total. The predicted molar refractivity (Wildman–Crippen MR) is 106 cm³/mol. The zero-order valence-electron chi connectivity index (χ0n) is 18.7. The summed E-state index contributed by atoms with van der Waals surface area (Å²) >= 11 is 0. The molecule has 5 unspecified atom stereocenters. The van der Waals surface area contributed by atoms with Gasteiger partial charge in [-0.3, -0.25) is 4.79 Å². The fraction of sp³-hybridized carbons (Fsp3) is 0.909. The van der Waals surface area contributed by atoms with Crippen molar-refractivity contribution in [3.63, 3.8) is 0 Å². The molecule has 0 heterocycles. The molecule has 0 radical (unpaired) electrons. The quantitative estimate of drug-likeness (QED) is 0.483. The Morgan fingerprint density at radius 3 is 2.11 bits per heavy atom. The van der Waals surface area contributed by atoms with Gasteiger partial charge >= 0.3 is 12.1 Å². The molecule has 2 aliphatic carbocycles. The summed E-state index contributed by atoms with van der Waals surface area (Å²) in [6, 6.07) is 0. The Balaban J connectivity index is 1.95. The molecule has 5 nitrogen and oxygen atoms in total. The Bertz CT molecular complexity index is 579. The molecule has 2 bridgehead atoms. The zero-order valence-corrected chi connectivity index (χ0v) is 18.7. The van der Waals surface area contributed by atoms with Crippen LogP contribution in [0.5, 0.6) is 0 Å². The van der Waals surface area contributed by atoms with Crippen LogP contribution in [0.2, 0.25) is 0 Å². The van der Waals surface area contributed by atoms with Gasteiger partial charge in [0.2, 0.25) is 6.29 Å². The summed E-state index contributed by atoms with van der Waals surface area (Å²) in [6.45, 7) is 16.4. The Kier molecular flexibility index (Phi) is 5.95. The molecule has 27 heavy (non-hydrogen) atoms. The van der Waals surface area contributed by atoms with Crippen molar-refractivity contribution < 1.29 is 19.1 Å². The average Bonchev–Trinajstić information content (AvgIpc) is 3.07. The van der Waals surface area contributed by atoms with E-state index in [1.807, 2.05) is 14.0 Å². The fourth-order valence-corrected chi connectivity index (χ4v) is 5.51. The maximum Gasteiger partial charge on any atom is 0.413 e. The van der Waals surface area contributed by atoms with E-state index in [-0.39, 0.29) is 28.3 Å². The van der Waals surface area contributed by atoms with E-state index < -0.39 is 12.4 Å². The van der Waals surface area contributed by atoms with Crippen LogP contribution in [0.4, 0.5) is 4.79 Å². The van der Waals surface area contributed by atoms with Gasteiger partial charge in [0.25, 0.3) is 0 Å². The second-order valence-corrected chi connectivity index (χ2v) is 10.7. The van der Waals surface area contributed by atoms with Gasteiger partial charge in [0.1, 0.15) is 0 Å². The highest BCUT2D eigenvalue weighted by molar-refractivity contribution is 5.73. The van der Waals surface area contributed by atoms with Gasteiger partial charge in [-0.05, 0) is 55.3 Å². The summed E-state index contributed by atoms with van der Waals surface area (Å²) in [5, 5.41) is 0. The summed E-state index contributed by atoms with van der Waals surface area (Å²) < 4.78 is 10.9. The molecule has 0 aromatic rings. The first-order chi connectivity index (χ1) is 12.2. The second kappa shape index (κ2) is 7.29. The predicted octanol–water partition coefficient (Wildman–Crippen LogP) is 5.23. The molecular weight excluding hydrogens is 342 g/mol. The summed E-state index contributed by atoms with van der Waals surface area (Å²) in [6.07, 6.45) is 3.01. The number of nitrogens with zero attached hydrogens (tertiary/aromatic N) is 1. The highest BCUT2D eigenvalue weighted by atomic mass is 16.7. The molecule has 0 aromatic heterocycles. The van der Waals surface area contributed by atoms with Crippen LogP contribution in [-0.2, 0) is 14.3 Å². The van der Waals surface area contributed by atoms with Crippen LogP contribution in [0, 0.1) is 28.6 Å². The van der Waals surface area contributed by atoms with Gasteiger partial charge in [-0.15, -0.1) is 0 Å². The van der Waals surface area contributed by atoms with Crippen LogP contribution in [-0.4, -0.2) is 35.8 Å². The minimum Gasteiger partial charge on any atom is -0.425 e. The second-order valence-electron chi connectivity index (χ2n) is 10.7. The first-order valence-corrected chi connectivity index (χ1v) is 10.3. The molecule has 0 aromatic carbocycles. The molecule has 2 aliphatic rings. The van der Waals surface area contributed by atoms with Crippen molar-refractivity contribution >= 4 is 12.1 Å². The number of hydrogen-bond donors (Lipinski definition) is 0. The standard InChI is InChI=1S/C22H39NO4/c1-14(13-20(3,4)5)18(24)26-15(2)27-19(25)23(9)22(8)17-11-10-16(12-17)21(22,6)7/h14-17H,10-13H2,1-9H3. The van der Waals surface area contributed by atoms with E-state index in [9.17, 15) is 9.59 Å². The molecule has 2 rings (SSSR count). The Hall–Kier alpha value is -1.26. The zero-order chi connectivity index (χ0) is 20.8. The minimum absolute atomic E-state index is 0.0422. The Morgan fingerprint density at radius 1 is 1.07 bits per heavy atom. The molecule has 0 aliphatic heterocycles. The van der Waals surface area contributed by atoms with Crippen LogP contribution < -0.4 is 0 Å². The summed E-state index contributed by atoms with van der Waals surface area (Å²) in [5.41, 5.74) is -0.151. The third kappa shape index (κ3) is 4.12. The van der Waals surface area contributed by atoms with Crippen LogP contribution in [0.25, 0.3) is 0 Å². The number of ether oxygens (including phenoxy) is 2. The number of amides is 1. The first-order valence-electron chi connectivity index (χ1n) is 10.3. The molecule has 0 saturated heterocycles. The third-order valence-corrected chi connectivity index (χ3v) is 7.39. The lowest BCUT2D eigenvalue weighted by Crippen LogP contribution is -2.60. The number of fused-ring (bicyclic) bond motifs is 2. The van der Waals surface area contributed by atoms with Gasteiger partial charge in [-0.25, -0.2) is 4.79 Å². The largest absolute Gasteiger partial charge is 0.425 e. The van der Waals surface area contributed by atoms with Gasteiger partial charge in [-0.2, -0.15) is 0 Å². The van der Waals surface area contributed by atoms with Crippen molar-refractivity contribution in [2.45, 2.75) is 92.9 Å². The number of carbonyl (C=O) groups excluding carboxylic acids is 2. The SMILES string of the molecule is CC(OC(=O)C(C)CC(C)(C)C)OC(=O)N(C)C1(C)C2CCC(C2)C1(C)C. The van der Waals surface area contributed by atoms with Gasteiger partial charge in [-0.1, -0.05) is 41.5 Å². The van der Waals surface area contributed by atoms with Gasteiger partial charge < -0.3 is 14.4 Å². The molecule has 5 heteroatoms. The van der Waals surface area contributed by atoms with Crippen molar-refractivity contribution in [2.24, 2.45) is 28.6 Å². The van der Waals surface area contributed by atoms with Crippen molar-refractivity contribution in [3.05, 3.63) is 0 Å². The van der Waals surface area contributed by atoms with Crippen molar-refractivity contribution in [1.29, 1.82) is 0 Å². The molecule has 5 atom stereocenters. The van der Waals surface area contributed by atoms with Gasteiger partial charge in [0, 0.05) is 14.0 Å². The monoisotopic (exact) mass is 381 g/mol. The van der Waals surface area contributed by atoms with Crippen LogP contribution in [0.15, 0.2) is 0 Å². The number of carbonyl (C=O) groups is 2. The molecule has 2 fully saturated rings. The number of hydrogen-bond acceptors (Lipinski definition) is 4. The maximum absolute atomic E-state index is 12.8. The van der Waals surface area contributed by atoms with Crippen molar-refractivity contribution in [1.82, 2.24) is 4.90 Å². The van der Waals surface area contributed by atoms with Crippen molar-refractivity contribution in [3.8, 4) is 0 Å². The molecule has 0 spiro atoms. The lowest BCUT2D eigenvalue weighted by molar-refractivity contribution is -0.173. The van der Waals surface area contributed by atoms with E-state index in [1.165, 1.54) is 12.8 Å². The van der Waals surface area contributed by atoms with E-state index in [1.54, 1.807) is 11.8 Å². The minimum atomic E-state index is -0.889. The highest BCUT2D eigenvalue weighted by Crippen LogP contribution is 2.63. The van der Waals surface area contributed by atoms with E-state index in [4.69, 9.17) is 9.47 Å². The summed E-state index contributed by atoms with van der Waals surface area (Å²) in [5.74, 6) is 0.598. The van der Waals surface area contributed by atoms with Crippen LogP contribution in [0.1, 0.15) is 81.1 Å². The van der Waals surface area contributed by atoms with E-state index >= 15 is 0 Å². The lowest BCUT2D eigenvalue weighted by atomic mass is 9.63. The lowest BCUT2D eigenvalue weighted by Gasteiger charge is -2.52. The molecule has 156 valence electrons. The molecule has 2 saturated carbocycles. The Morgan fingerprint density at radius 2 is 1.63 bits per heavy atom. The van der Waals surface area contributed by atoms with Crippen LogP contribution in [0.3, 0.4) is 0 Å². The van der Waals surface area contributed by atoms with Crippen molar-refractivity contribution in [2.75, 3.05) is 7.05 Å². The highest BCUT2D eigenvalue weighted by Gasteiger charge is 2.63. The average molecular weight is 382 g/mol. The Labute approximate surface area is 165 Å². The van der Waals surface area contributed by atoms with Gasteiger partial charge in [0.05, 0.1) is 11.5 Å². The van der Waals surface area contributed by atoms with Crippen LogP contribution >= 0.6 is 0 Å². The van der Waals surface area contributed by atoms with E-state index in [2.05, 4.69) is 41.5 Å². The summed E-state index contributed by atoms with van der Waals surface area (Å²) in [4.78, 5) is 26.8. The topological polar surface area (TPSA) is 55.8 Å². The molecule has 1 amide bonds. The van der Waals surface area contributed by atoms with Gasteiger partial charge in [0.15, 0.2) is 0 Å². The van der Waals surface area contributed by atoms with E-state index in [0.717, 1.165) is 12.8 Å². The van der Waals surface area contributed by atoms with E-state index in [0.29, 0.717) is 11.8 Å². The third-order valence-electron chi connectivity index (χ3n) is 7.39. The maximum atomic E-state index is 12.8. The number of esters is 1. The number of rotatable bonds is 5. The smallest absolute Gasteiger partial charge is 0.413 e.